The van der Waals surface area contributed by atoms with Crippen molar-refractivity contribution in [3.8, 4) is 22.3 Å². The minimum Gasteiger partial charge on any atom is -0.361 e. The van der Waals surface area contributed by atoms with Crippen LogP contribution < -0.4 is 15.1 Å². The van der Waals surface area contributed by atoms with Crippen molar-refractivity contribution in [2.75, 3.05) is 9.62 Å². The largest absolute Gasteiger partial charge is 0.421 e. The molecule has 0 spiro atoms. The molecular weight excluding hydrogens is 503 g/mol. The zero-order chi connectivity index (χ0) is 26.2. The maximum absolute atomic E-state index is 2.60. The molecule has 2 aliphatic heterocycles. The zero-order valence-corrected chi connectivity index (χ0v) is 22.5. The molecule has 2 nitrogen and oxygen atoms in total. The number of thiophene rings is 1. The molecule has 186 valence electrons. The summed E-state index contributed by atoms with van der Waals surface area (Å²) in [6.45, 7) is -0.0470. The molecular formula is C36H23BN2S. The highest BCUT2D eigenvalue weighted by molar-refractivity contribution is 7.26. The molecule has 0 radical (unpaired) electrons. The van der Waals surface area contributed by atoms with Crippen molar-refractivity contribution in [1.82, 2.24) is 0 Å². The fraction of sp³-hybridized carbons (Fsp3) is 0. The molecule has 0 unspecified atom stereocenters. The van der Waals surface area contributed by atoms with Crippen molar-refractivity contribution < 1.29 is 0 Å². The molecule has 0 aliphatic carbocycles. The second-order valence-electron chi connectivity index (χ2n) is 10.5. The SMILES string of the molecule is c1ccc(N2B3c4c(cccc4-c4ccccc4N3c3cccc4c3sc3ccccc34)-c3ccccc32)cc1. The van der Waals surface area contributed by atoms with Gasteiger partial charge in [0.2, 0.25) is 0 Å². The Hall–Kier alpha value is -4.80. The van der Waals surface area contributed by atoms with Gasteiger partial charge in [0.05, 0.1) is 4.70 Å². The van der Waals surface area contributed by atoms with E-state index >= 15 is 0 Å². The molecule has 2 aliphatic rings. The first kappa shape index (κ1) is 22.1. The van der Waals surface area contributed by atoms with Crippen LogP contribution in [0, 0.1) is 0 Å². The van der Waals surface area contributed by atoms with E-state index in [9.17, 15) is 0 Å². The Morgan fingerprint density at radius 1 is 0.425 bits per heavy atom. The number of benzene rings is 6. The van der Waals surface area contributed by atoms with Crippen molar-refractivity contribution in [3.05, 3.63) is 140 Å². The summed E-state index contributed by atoms with van der Waals surface area (Å²) in [5, 5.41) is 2.64. The molecule has 0 amide bonds. The van der Waals surface area contributed by atoms with E-state index in [0.717, 1.165) is 0 Å². The lowest BCUT2D eigenvalue weighted by Gasteiger charge is -2.47. The number of anilines is 4. The van der Waals surface area contributed by atoms with Crippen molar-refractivity contribution in [3.63, 3.8) is 0 Å². The molecule has 0 atom stereocenters. The van der Waals surface area contributed by atoms with Crippen LogP contribution in [-0.2, 0) is 0 Å². The molecule has 6 aromatic carbocycles. The third kappa shape index (κ3) is 2.94. The van der Waals surface area contributed by atoms with Gasteiger partial charge in [-0.2, -0.15) is 0 Å². The van der Waals surface area contributed by atoms with Gasteiger partial charge in [-0.25, -0.2) is 0 Å². The van der Waals surface area contributed by atoms with E-state index in [4.69, 9.17) is 0 Å². The number of hydrogen-bond acceptors (Lipinski definition) is 3. The lowest BCUT2D eigenvalue weighted by Crippen LogP contribution is -2.61. The van der Waals surface area contributed by atoms with Gasteiger partial charge in [-0.1, -0.05) is 103 Å². The third-order valence-electron chi connectivity index (χ3n) is 8.44. The second kappa shape index (κ2) is 8.35. The first-order valence-electron chi connectivity index (χ1n) is 13.7. The summed E-state index contributed by atoms with van der Waals surface area (Å²) < 4.78 is 2.65. The predicted octanol–water partition coefficient (Wildman–Crippen LogP) is 9.39. The Bertz CT molecular complexity index is 2080. The van der Waals surface area contributed by atoms with Gasteiger partial charge in [0.25, 0.3) is 0 Å². The highest BCUT2D eigenvalue weighted by Gasteiger charge is 2.47. The third-order valence-corrected chi connectivity index (χ3v) is 9.65. The molecule has 4 heteroatoms. The van der Waals surface area contributed by atoms with Crippen molar-refractivity contribution in [2.45, 2.75) is 0 Å². The van der Waals surface area contributed by atoms with E-state index in [0.29, 0.717) is 0 Å². The lowest BCUT2D eigenvalue weighted by molar-refractivity contribution is 1.27. The smallest absolute Gasteiger partial charge is 0.361 e. The molecule has 1 aromatic heterocycles. The van der Waals surface area contributed by atoms with E-state index in [-0.39, 0.29) is 6.98 Å². The minimum absolute atomic E-state index is 0.0470. The molecule has 7 aromatic rings. The average Bonchev–Trinajstić information content (AvgIpc) is 3.41. The molecule has 40 heavy (non-hydrogen) atoms. The first-order valence-corrected chi connectivity index (χ1v) is 14.6. The number of hydrogen-bond donors (Lipinski definition) is 0. The molecule has 0 fully saturated rings. The number of rotatable bonds is 2. The van der Waals surface area contributed by atoms with E-state index in [1.165, 1.54) is 70.6 Å². The lowest BCUT2D eigenvalue weighted by atomic mass is 9.53. The maximum Gasteiger partial charge on any atom is 0.421 e. The second-order valence-corrected chi connectivity index (χ2v) is 11.6. The number of fused-ring (bicyclic) bond motifs is 7. The van der Waals surface area contributed by atoms with Crippen LogP contribution in [-0.4, -0.2) is 6.98 Å². The quantitative estimate of drug-likeness (QED) is 0.207. The van der Waals surface area contributed by atoms with Crippen LogP contribution >= 0.6 is 11.3 Å². The van der Waals surface area contributed by atoms with Crippen molar-refractivity contribution in [2.24, 2.45) is 0 Å². The van der Waals surface area contributed by atoms with Gasteiger partial charge < -0.3 is 9.62 Å². The monoisotopic (exact) mass is 526 g/mol. The maximum atomic E-state index is 2.60. The highest BCUT2D eigenvalue weighted by atomic mass is 32.1. The predicted molar refractivity (Wildman–Crippen MR) is 173 cm³/mol. The van der Waals surface area contributed by atoms with Crippen LogP contribution in [0.3, 0.4) is 0 Å². The van der Waals surface area contributed by atoms with E-state index in [2.05, 4.69) is 149 Å². The van der Waals surface area contributed by atoms with Gasteiger partial charge >= 0.3 is 6.98 Å². The summed E-state index contributed by atoms with van der Waals surface area (Å²) in [5.74, 6) is 0. The van der Waals surface area contributed by atoms with E-state index in [1.807, 2.05) is 11.3 Å². The number of para-hydroxylation sites is 3. The summed E-state index contributed by atoms with van der Waals surface area (Å²) in [4.78, 5) is 5.14. The van der Waals surface area contributed by atoms with Gasteiger partial charge in [-0.3, -0.25) is 0 Å². The fourth-order valence-corrected chi connectivity index (χ4v) is 8.04. The van der Waals surface area contributed by atoms with Gasteiger partial charge in [0.15, 0.2) is 0 Å². The van der Waals surface area contributed by atoms with Gasteiger partial charge in [-0.05, 0) is 53.0 Å². The molecule has 9 rings (SSSR count). The first-order chi connectivity index (χ1) is 19.9. The Morgan fingerprint density at radius 2 is 0.975 bits per heavy atom. The van der Waals surface area contributed by atoms with Crippen LogP contribution in [0.5, 0.6) is 0 Å². The Kier molecular flexibility index (Phi) is 4.61. The Balaban J connectivity index is 1.43. The number of nitrogens with zero attached hydrogens (tertiary/aromatic N) is 2. The molecule has 0 N–H and O–H groups in total. The molecule has 0 bridgehead atoms. The average molecular weight is 526 g/mol. The molecule has 3 heterocycles. The van der Waals surface area contributed by atoms with Crippen LogP contribution in [0.2, 0.25) is 0 Å². The van der Waals surface area contributed by atoms with Crippen LogP contribution in [0.1, 0.15) is 0 Å². The molecule has 0 saturated carbocycles. The van der Waals surface area contributed by atoms with Crippen molar-refractivity contribution >= 4 is 66.7 Å². The minimum atomic E-state index is -0.0470. The zero-order valence-electron chi connectivity index (χ0n) is 21.7. The van der Waals surface area contributed by atoms with E-state index in [1.54, 1.807) is 0 Å². The summed E-state index contributed by atoms with van der Waals surface area (Å²) in [7, 11) is 0. The fourth-order valence-electron chi connectivity index (χ4n) is 6.83. The summed E-state index contributed by atoms with van der Waals surface area (Å²) in [6.07, 6.45) is 0. The van der Waals surface area contributed by atoms with Crippen LogP contribution in [0.15, 0.2) is 140 Å². The van der Waals surface area contributed by atoms with Crippen LogP contribution in [0.4, 0.5) is 22.7 Å². The Morgan fingerprint density at radius 3 is 1.75 bits per heavy atom. The summed E-state index contributed by atoms with van der Waals surface area (Å²) in [6, 6.07) is 51.1. The summed E-state index contributed by atoms with van der Waals surface area (Å²) >= 11 is 1.90. The summed E-state index contributed by atoms with van der Waals surface area (Å²) in [5.41, 5.74) is 11.5. The molecule has 0 saturated heterocycles. The van der Waals surface area contributed by atoms with E-state index < -0.39 is 0 Å². The normalized spacial score (nSPS) is 13.3. The van der Waals surface area contributed by atoms with Gasteiger partial charge in [0, 0.05) is 49.3 Å². The van der Waals surface area contributed by atoms with Gasteiger partial charge in [-0.15, -0.1) is 11.3 Å². The van der Waals surface area contributed by atoms with Crippen molar-refractivity contribution in [1.29, 1.82) is 0 Å². The topological polar surface area (TPSA) is 6.48 Å². The Labute approximate surface area is 237 Å². The highest BCUT2D eigenvalue weighted by Crippen LogP contribution is 2.50. The van der Waals surface area contributed by atoms with Gasteiger partial charge in [0.1, 0.15) is 0 Å². The standard InChI is InChI=1S/C36H23BN2S/c1-2-12-24(13-3-1)38-31-20-7-4-14-25(31)28-17-10-18-29-26-15-5-8-21-32(26)39(37(38)35(28)29)33-22-11-19-30-27-16-6-9-23-34(27)40-36(30)33/h1-23H. The van der Waals surface area contributed by atoms with Crippen LogP contribution in [0.25, 0.3) is 42.4 Å².